The van der Waals surface area contributed by atoms with Gasteiger partial charge in [0.2, 0.25) is 0 Å². The van der Waals surface area contributed by atoms with Crippen LogP contribution in [0.5, 0.6) is 0 Å². The van der Waals surface area contributed by atoms with Crippen LogP contribution in [0.15, 0.2) is 12.7 Å². The molecule has 1 aliphatic heterocycles. The van der Waals surface area contributed by atoms with Crippen LogP contribution in [0.4, 0.5) is 5.82 Å². The van der Waals surface area contributed by atoms with Gasteiger partial charge in [-0.2, -0.15) is 0 Å². The summed E-state index contributed by atoms with van der Waals surface area (Å²) in [5.74, 6) is 0.267. The molecule has 0 radical (unpaired) electrons. The Hall–Kier alpha value is -1.77. The van der Waals surface area contributed by atoms with Gasteiger partial charge in [0.1, 0.15) is 24.1 Å². The van der Waals surface area contributed by atoms with Crippen molar-refractivity contribution in [1.29, 1.82) is 0 Å². The molecule has 19 heavy (non-hydrogen) atoms. The molecule has 4 N–H and O–H groups in total. The number of fused-ring (bicyclic) bond motifs is 1. The van der Waals surface area contributed by atoms with Gasteiger partial charge in [0, 0.05) is 0 Å². The Morgan fingerprint density at radius 2 is 2.11 bits per heavy atom. The van der Waals surface area contributed by atoms with Gasteiger partial charge >= 0.3 is 0 Å². The number of imidazole rings is 1. The quantitative estimate of drug-likeness (QED) is 0.665. The Morgan fingerprint density at radius 3 is 2.79 bits per heavy atom. The van der Waals surface area contributed by atoms with E-state index in [0.717, 1.165) is 0 Å². The minimum absolute atomic E-state index is 0.267. The SMILES string of the molecule is CC[C@H]1O[C@@H](n2cnc3c(N)ncnc32)[C@@H](O)C1O. The van der Waals surface area contributed by atoms with E-state index in [2.05, 4.69) is 15.0 Å². The first-order valence-corrected chi connectivity index (χ1v) is 6.08. The third kappa shape index (κ3) is 1.76. The molecule has 2 aromatic rings. The molecule has 0 aromatic carbocycles. The van der Waals surface area contributed by atoms with Crippen molar-refractivity contribution in [3.8, 4) is 0 Å². The summed E-state index contributed by atoms with van der Waals surface area (Å²) in [6.45, 7) is 1.88. The van der Waals surface area contributed by atoms with Crippen LogP contribution < -0.4 is 5.73 Å². The van der Waals surface area contributed by atoms with Crippen molar-refractivity contribution < 1.29 is 14.9 Å². The summed E-state index contributed by atoms with van der Waals surface area (Å²) in [5.41, 5.74) is 6.63. The van der Waals surface area contributed by atoms with Crippen LogP contribution in [0.1, 0.15) is 19.6 Å². The fourth-order valence-electron chi connectivity index (χ4n) is 2.35. The first-order chi connectivity index (χ1) is 9.13. The van der Waals surface area contributed by atoms with Crippen LogP contribution in [-0.4, -0.2) is 48.0 Å². The summed E-state index contributed by atoms with van der Waals surface area (Å²) >= 11 is 0. The molecule has 3 heterocycles. The number of nitrogens with two attached hydrogens (primary N) is 1. The molecule has 2 aromatic heterocycles. The molecule has 4 atom stereocenters. The number of rotatable bonds is 2. The standard InChI is InChI=1S/C11H15N5O3/c1-2-5-7(17)8(18)11(19-5)16-4-15-6-9(12)13-3-14-10(6)16/h3-5,7-8,11,17-18H,2H2,1H3,(H2,12,13,14)/t5-,7?,8+,11-/m1/s1. The van der Waals surface area contributed by atoms with Gasteiger partial charge in [-0.15, -0.1) is 0 Å². The van der Waals surface area contributed by atoms with Crippen LogP contribution in [0.25, 0.3) is 11.2 Å². The lowest BCUT2D eigenvalue weighted by atomic mass is 10.1. The van der Waals surface area contributed by atoms with E-state index < -0.39 is 24.5 Å². The van der Waals surface area contributed by atoms with E-state index in [1.54, 1.807) is 4.57 Å². The number of nitrogen functional groups attached to an aromatic ring is 1. The minimum atomic E-state index is -1.03. The molecule has 1 fully saturated rings. The summed E-state index contributed by atoms with van der Waals surface area (Å²) in [4.78, 5) is 12.1. The van der Waals surface area contributed by atoms with Gasteiger partial charge in [-0.25, -0.2) is 15.0 Å². The maximum Gasteiger partial charge on any atom is 0.167 e. The molecule has 102 valence electrons. The van der Waals surface area contributed by atoms with Crippen LogP contribution in [0, 0.1) is 0 Å². The van der Waals surface area contributed by atoms with Crippen molar-refractivity contribution >= 4 is 17.0 Å². The van der Waals surface area contributed by atoms with Gasteiger partial charge in [-0.1, -0.05) is 6.92 Å². The van der Waals surface area contributed by atoms with Crippen molar-refractivity contribution in [2.45, 2.75) is 37.9 Å². The molecule has 0 bridgehead atoms. The number of anilines is 1. The third-order valence-electron chi connectivity index (χ3n) is 3.40. The van der Waals surface area contributed by atoms with E-state index in [-0.39, 0.29) is 5.82 Å². The molecule has 8 heteroatoms. The van der Waals surface area contributed by atoms with Gasteiger partial charge in [0.25, 0.3) is 0 Å². The Kier molecular flexibility index (Phi) is 2.85. The monoisotopic (exact) mass is 265 g/mol. The number of aromatic nitrogens is 4. The number of aliphatic hydroxyl groups excluding tert-OH is 2. The fourth-order valence-corrected chi connectivity index (χ4v) is 2.35. The number of hydrogen-bond donors (Lipinski definition) is 3. The molecular formula is C11H15N5O3. The molecule has 0 amide bonds. The second-order valence-electron chi connectivity index (χ2n) is 4.54. The Labute approximate surface area is 108 Å². The Balaban J connectivity index is 2.04. The summed E-state index contributed by atoms with van der Waals surface area (Å²) < 4.78 is 7.22. The second-order valence-corrected chi connectivity index (χ2v) is 4.54. The van der Waals surface area contributed by atoms with Gasteiger partial charge in [-0.05, 0) is 6.42 Å². The topological polar surface area (TPSA) is 119 Å². The molecular weight excluding hydrogens is 250 g/mol. The average molecular weight is 265 g/mol. The lowest BCUT2D eigenvalue weighted by Crippen LogP contribution is -2.31. The van der Waals surface area contributed by atoms with E-state index in [9.17, 15) is 10.2 Å². The molecule has 0 spiro atoms. The predicted octanol–water partition coefficient (Wildman–Crippen LogP) is -0.562. The molecule has 1 unspecified atom stereocenters. The summed E-state index contributed by atoms with van der Waals surface area (Å²) in [6.07, 6.45) is 0.332. The van der Waals surface area contributed by atoms with Gasteiger partial charge in [0.15, 0.2) is 17.7 Å². The largest absolute Gasteiger partial charge is 0.388 e. The smallest absolute Gasteiger partial charge is 0.167 e. The van der Waals surface area contributed by atoms with Crippen LogP contribution in [0.2, 0.25) is 0 Å². The minimum Gasteiger partial charge on any atom is -0.388 e. The van der Waals surface area contributed by atoms with Crippen LogP contribution in [-0.2, 0) is 4.74 Å². The predicted molar refractivity (Wildman–Crippen MR) is 66.0 cm³/mol. The summed E-state index contributed by atoms with van der Waals surface area (Å²) in [5, 5.41) is 19.9. The summed E-state index contributed by atoms with van der Waals surface area (Å²) in [6, 6.07) is 0. The molecule has 1 saturated heterocycles. The highest BCUT2D eigenvalue weighted by Gasteiger charge is 2.43. The normalized spacial score (nSPS) is 31.1. The Bertz CT molecular complexity index is 601. The number of aliphatic hydroxyl groups is 2. The highest BCUT2D eigenvalue weighted by atomic mass is 16.6. The highest BCUT2D eigenvalue weighted by molar-refractivity contribution is 5.81. The van der Waals surface area contributed by atoms with Gasteiger partial charge in [-0.3, -0.25) is 4.57 Å². The second kappa shape index (κ2) is 4.41. The van der Waals surface area contributed by atoms with Crippen molar-refractivity contribution in [2.24, 2.45) is 0 Å². The zero-order chi connectivity index (χ0) is 13.6. The molecule has 0 aliphatic carbocycles. The van der Waals surface area contributed by atoms with Crippen LogP contribution >= 0.6 is 0 Å². The van der Waals surface area contributed by atoms with E-state index in [4.69, 9.17) is 10.5 Å². The first kappa shape index (κ1) is 12.3. The zero-order valence-electron chi connectivity index (χ0n) is 10.3. The maximum atomic E-state index is 10.1. The molecule has 0 saturated carbocycles. The lowest BCUT2D eigenvalue weighted by Gasteiger charge is -2.16. The van der Waals surface area contributed by atoms with E-state index in [1.807, 2.05) is 6.92 Å². The van der Waals surface area contributed by atoms with E-state index in [0.29, 0.717) is 17.6 Å². The fraction of sp³-hybridized carbons (Fsp3) is 0.545. The lowest BCUT2D eigenvalue weighted by molar-refractivity contribution is -0.0355. The highest BCUT2D eigenvalue weighted by Crippen LogP contribution is 2.32. The molecule has 3 rings (SSSR count). The van der Waals surface area contributed by atoms with Gasteiger partial charge in [0.05, 0.1) is 12.4 Å². The van der Waals surface area contributed by atoms with E-state index in [1.165, 1.54) is 12.7 Å². The van der Waals surface area contributed by atoms with E-state index >= 15 is 0 Å². The van der Waals surface area contributed by atoms with Crippen molar-refractivity contribution in [3.05, 3.63) is 12.7 Å². The van der Waals surface area contributed by atoms with Crippen molar-refractivity contribution in [1.82, 2.24) is 19.5 Å². The third-order valence-corrected chi connectivity index (χ3v) is 3.40. The molecule has 1 aliphatic rings. The number of hydrogen-bond acceptors (Lipinski definition) is 7. The average Bonchev–Trinajstić information content (AvgIpc) is 2.94. The van der Waals surface area contributed by atoms with Crippen molar-refractivity contribution in [2.75, 3.05) is 5.73 Å². The zero-order valence-corrected chi connectivity index (χ0v) is 10.3. The number of ether oxygens (including phenoxy) is 1. The van der Waals surface area contributed by atoms with Gasteiger partial charge < -0.3 is 20.7 Å². The summed E-state index contributed by atoms with van der Waals surface area (Å²) in [7, 11) is 0. The van der Waals surface area contributed by atoms with Crippen LogP contribution in [0.3, 0.4) is 0 Å². The van der Waals surface area contributed by atoms with Crippen molar-refractivity contribution in [3.63, 3.8) is 0 Å². The first-order valence-electron chi connectivity index (χ1n) is 6.08. The molecule has 8 nitrogen and oxygen atoms in total. The number of nitrogens with zero attached hydrogens (tertiary/aromatic N) is 4. The maximum absolute atomic E-state index is 10.1. The Morgan fingerprint density at radius 1 is 1.32 bits per heavy atom.